The molecule has 0 fully saturated rings. The number of carbonyl (C=O) groups excluding carboxylic acids is 3. The Kier molecular flexibility index (Phi) is 15.2. The van der Waals surface area contributed by atoms with Crippen LogP contribution in [-0.4, -0.2) is 49.0 Å². The van der Waals surface area contributed by atoms with Crippen LogP contribution in [0.15, 0.2) is 84.0 Å². The number of thioether (sulfide) groups is 1. The van der Waals surface area contributed by atoms with Gasteiger partial charge in [-0.25, -0.2) is 4.79 Å². The van der Waals surface area contributed by atoms with Crippen molar-refractivity contribution in [1.82, 2.24) is 10.6 Å². The first-order valence-electron chi connectivity index (χ1n) is 13.2. The fourth-order valence-corrected chi connectivity index (χ4v) is 4.59. The molecule has 0 radical (unpaired) electrons. The highest BCUT2D eigenvalue weighted by atomic mass is 32.2. The molecule has 0 heterocycles. The van der Waals surface area contributed by atoms with E-state index in [1.165, 1.54) is 18.3 Å². The summed E-state index contributed by atoms with van der Waals surface area (Å²) in [6.07, 6.45) is 6.40. The van der Waals surface area contributed by atoms with Crippen molar-refractivity contribution < 1.29 is 19.1 Å². The van der Waals surface area contributed by atoms with Gasteiger partial charge in [0.1, 0.15) is 6.04 Å². The molecule has 0 saturated carbocycles. The average molecular weight is 552 g/mol. The van der Waals surface area contributed by atoms with E-state index in [0.717, 1.165) is 36.4 Å². The largest absolute Gasteiger partial charge is 0.467 e. The maximum atomic E-state index is 12.4. The summed E-state index contributed by atoms with van der Waals surface area (Å²) in [6, 6.07) is 19.0. The number of ether oxygens (including phenoxy) is 1. The van der Waals surface area contributed by atoms with Crippen molar-refractivity contribution in [3.63, 3.8) is 0 Å². The molecule has 8 heteroatoms. The SMILES string of the molecule is COC(=O)C(CSC/C=C(\C)CC/C=C(\C)CNc1ccccc1)NC(=O)CCC(=O)NCc1ccccc1. The molecule has 210 valence electrons. The number of carbonyl (C=O) groups is 3. The molecule has 0 aliphatic heterocycles. The molecule has 3 N–H and O–H groups in total. The first-order chi connectivity index (χ1) is 18.9. The second-order valence-corrected chi connectivity index (χ2v) is 10.4. The van der Waals surface area contributed by atoms with E-state index in [2.05, 4.69) is 54.1 Å². The lowest BCUT2D eigenvalue weighted by molar-refractivity contribution is -0.144. The fraction of sp³-hybridized carbons (Fsp3) is 0.387. The van der Waals surface area contributed by atoms with Gasteiger partial charge in [0.25, 0.3) is 0 Å². The summed E-state index contributed by atoms with van der Waals surface area (Å²) >= 11 is 1.55. The third-order valence-electron chi connectivity index (χ3n) is 5.94. The number of amides is 2. The number of anilines is 1. The maximum absolute atomic E-state index is 12.4. The van der Waals surface area contributed by atoms with Crippen molar-refractivity contribution in [2.75, 3.05) is 30.5 Å². The predicted molar refractivity (Wildman–Crippen MR) is 160 cm³/mol. The molecule has 39 heavy (non-hydrogen) atoms. The lowest BCUT2D eigenvalue weighted by atomic mass is 10.1. The molecule has 0 aliphatic carbocycles. The zero-order valence-corrected chi connectivity index (χ0v) is 24.0. The predicted octanol–water partition coefficient (Wildman–Crippen LogP) is 5.26. The number of hydrogen-bond acceptors (Lipinski definition) is 6. The lowest BCUT2D eigenvalue weighted by Crippen LogP contribution is -2.43. The summed E-state index contributed by atoms with van der Waals surface area (Å²) in [6.45, 7) is 5.47. The van der Waals surface area contributed by atoms with Crippen molar-refractivity contribution in [2.45, 2.75) is 52.1 Å². The van der Waals surface area contributed by atoms with Crippen LogP contribution >= 0.6 is 11.8 Å². The van der Waals surface area contributed by atoms with E-state index >= 15 is 0 Å². The Hall–Kier alpha value is -3.52. The van der Waals surface area contributed by atoms with Gasteiger partial charge in [-0.05, 0) is 44.4 Å². The Morgan fingerprint density at radius 3 is 2.23 bits per heavy atom. The van der Waals surface area contributed by atoms with Crippen LogP contribution in [-0.2, 0) is 25.7 Å². The Balaban J connectivity index is 1.65. The van der Waals surface area contributed by atoms with Crippen molar-refractivity contribution in [2.24, 2.45) is 0 Å². The van der Waals surface area contributed by atoms with Gasteiger partial charge < -0.3 is 20.7 Å². The van der Waals surface area contributed by atoms with Gasteiger partial charge >= 0.3 is 5.97 Å². The summed E-state index contributed by atoms with van der Waals surface area (Å²) < 4.78 is 4.85. The van der Waals surface area contributed by atoms with Crippen LogP contribution < -0.4 is 16.0 Å². The lowest BCUT2D eigenvalue weighted by Gasteiger charge is -2.16. The van der Waals surface area contributed by atoms with Gasteiger partial charge in [0, 0.05) is 43.1 Å². The van der Waals surface area contributed by atoms with E-state index in [4.69, 9.17) is 4.74 Å². The van der Waals surface area contributed by atoms with Crippen molar-refractivity contribution in [1.29, 1.82) is 0 Å². The van der Waals surface area contributed by atoms with Crippen LogP contribution in [0.1, 0.15) is 45.1 Å². The molecular weight excluding hydrogens is 510 g/mol. The van der Waals surface area contributed by atoms with Crippen molar-refractivity contribution in [3.8, 4) is 0 Å². The molecule has 2 aromatic carbocycles. The fourth-order valence-electron chi connectivity index (χ4n) is 3.59. The molecule has 0 spiro atoms. The van der Waals surface area contributed by atoms with Crippen molar-refractivity contribution >= 4 is 35.2 Å². The molecular formula is C31H41N3O4S. The van der Waals surface area contributed by atoms with E-state index < -0.39 is 12.0 Å². The number of methoxy groups -OCH3 is 1. The molecule has 0 aromatic heterocycles. The Morgan fingerprint density at radius 2 is 1.54 bits per heavy atom. The van der Waals surface area contributed by atoms with Gasteiger partial charge in [-0.1, -0.05) is 71.8 Å². The Bertz CT molecular complexity index is 1090. The van der Waals surface area contributed by atoms with E-state index in [1.807, 2.05) is 48.5 Å². The highest BCUT2D eigenvalue weighted by molar-refractivity contribution is 7.99. The minimum Gasteiger partial charge on any atom is -0.467 e. The van der Waals surface area contributed by atoms with Gasteiger partial charge in [-0.2, -0.15) is 11.8 Å². The molecule has 0 saturated heterocycles. The zero-order valence-electron chi connectivity index (χ0n) is 23.2. The molecule has 1 atom stereocenters. The average Bonchev–Trinajstić information content (AvgIpc) is 2.96. The molecule has 2 amide bonds. The number of rotatable bonds is 17. The van der Waals surface area contributed by atoms with E-state index in [9.17, 15) is 14.4 Å². The maximum Gasteiger partial charge on any atom is 0.329 e. The standard InChI is InChI=1S/C31H41N3O4S/c1-24(11-10-12-25(2)21-32-27-15-8-5-9-16-27)19-20-39-23-28(31(37)38-3)34-30(36)18-17-29(35)33-22-26-13-6-4-7-14-26/h4-9,12-16,19,28,32H,10-11,17-18,20-23H2,1-3H3,(H,33,35)(H,34,36)/b24-19+,25-12+. The van der Waals surface area contributed by atoms with Crippen LogP contribution in [0.4, 0.5) is 5.69 Å². The van der Waals surface area contributed by atoms with E-state index in [0.29, 0.717) is 12.3 Å². The number of allylic oxidation sites excluding steroid dienone is 2. The monoisotopic (exact) mass is 551 g/mol. The topological polar surface area (TPSA) is 96.5 Å². The molecule has 1 unspecified atom stereocenters. The number of benzene rings is 2. The van der Waals surface area contributed by atoms with Crippen molar-refractivity contribution in [3.05, 3.63) is 89.5 Å². The van der Waals surface area contributed by atoms with Gasteiger partial charge in [-0.15, -0.1) is 0 Å². The first-order valence-corrected chi connectivity index (χ1v) is 14.4. The van der Waals surface area contributed by atoms with E-state index in [1.54, 1.807) is 11.8 Å². The number of hydrogen-bond donors (Lipinski definition) is 3. The summed E-state index contributed by atoms with van der Waals surface area (Å²) in [4.78, 5) is 36.6. The number of para-hydroxylation sites is 1. The quantitative estimate of drug-likeness (QED) is 0.141. The zero-order chi connectivity index (χ0) is 28.3. The summed E-state index contributed by atoms with van der Waals surface area (Å²) in [5.41, 5.74) is 4.68. The van der Waals surface area contributed by atoms with Crippen LogP contribution in [0.2, 0.25) is 0 Å². The van der Waals surface area contributed by atoms with Crippen LogP contribution in [0.3, 0.4) is 0 Å². The Morgan fingerprint density at radius 1 is 0.872 bits per heavy atom. The third kappa shape index (κ3) is 14.3. The van der Waals surface area contributed by atoms with Gasteiger partial charge in [0.05, 0.1) is 7.11 Å². The summed E-state index contributed by atoms with van der Waals surface area (Å²) in [7, 11) is 1.30. The van der Waals surface area contributed by atoms with Crippen LogP contribution in [0, 0.1) is 0 Å². The second-order valence-electron chi connectivity index (χ2n) is 9.30. The molecule has 7 nitrogen and oxygen atoms in total. The number of esters is 1. The first kappa shape index (κ1) is 31.7. The molecule has 0 aliphatic rings. The smallest absolute Gasteiger partial charge is 0.329 e. The van der Waals surface area contributed by atoms with Crippen LogP contribution in [0.5, 0.6) is 0 Å². The van der Waals surface area contributed by atoms with Gasteiger partial charge in [0.2, 0.25) is 11.8 Å². The molecule has 2 rings (SSSR count). The third-order valence-corrected chi connectivity index (χ3v) is 6.91. The normalized spacial score (nSPS) is 12.4. The van der Waals surface area contributed by atoms with Gasteiger partial charge in [-0.3, -0.25) is 9.59 Å². The highest BCUT2D eigenvalue weighted by Crippen LogP contribution is 2.12. The molecule has 2 aromatic rings. The van der Waals surface area contributed by atoms with E-state index in [-0.39, 0.29) is 24.7 Å². The minimum absolute atomic E-state index is 0.00555. The van der Waals surface area contributed by atoms with Gasteiger partial charge in [0.15, 0.2) is 0 Å². The Labute approximate surface area is 236 Å². The summed E-state index contributed by atoms with van der Waals surface area (Å²) in [5, 5.41) is 8.92. The number of nitrogens with one attached hydrogen (secondary N) is 3. The molecule has 0 bridgehead atoms. The minimum atomic E-state index is -0.753. The summed E-state index contributed by atoms with van der Waals surface area (Å²) in [5.74, 6) is 0.0736. The second kappa shape index (κ2) is 18.7. The van der Waals surface area contributed by atoms with Crippen LogP contribution in [0.25, 0.3) is 0 Å². The highest BCUT2D eigenvalue weighted by Gasteiger charge is 2.21.